The Morgan fingerprint density at radius 1 is 1.17 bits per heavy atom. The molecule has 0 aliphatic heterocycles. The number of aliphatic hydroxyl groups excluding tert-OH is 1. The summed E-state index contributed by atoms with van der Waals surface area (Å²) in [6, 6.07) is 10.2. The van der Waals surface area contributed by atoms with E-state index in [-0.39, 0.29) is 12.0 Å². The first-order chi connectivity index (χ1) is 14.6. The summed E-state index contributed by atoms with van der Waals surface area (Å²) in [5, 5.41) is 29.4. The third-order valence-corrected chi connectivity index (χ3v) is 6.34. The van der Waals surface area contributed by atoms with Gasteiger partial charge in [0.15, 0.2) is 5.82 Å². The van der Waals surface area contributed by atoms with Crippen molar-refractivity contribution in [3.05, 3.63) is 71.6 Å². The Kier molecular flexibility index (Phi) is 5.39. The second kappa shape index (κ2) is 7.99. The lowest BCUT2D eigenvalue weighted by Gasteiger charge is -2.40. The third-order valence-electron chi connectivity index (χ3n) is 6.34. The molecule has 0 saturated carbocycles. The van der Waals surface area contributed by atoms with Crippen LogP contribution in [0.25, 0.3) is 11.4 Å². The molecule has 2 atom stereocenters. The first-order valence-electron chi connectivity index (χ1n) is 10.4. The van der Waals surface area contributed by atoms with Gasteiger partial charge in [0.05, 0.1) is 17.7 Å². The molecule has 0 radical (unpaired) electrons. The fraction of sp³-hybridized carbons (Fsp3) is 0.391. The third kappa shape index (κ3) is 3.19. The number of benzene rings is 1. The summed E-state index contributed by atoms with van der Waals surface area (Å²) in [5.74, 6) is 0.659. The number of aliphatic hydroxyl groups is 1. The maximum absolute atomic E-state index is 10.5. The van der Waals surface area contributed by atoms with Crippen molar-refractivity contribution < 1.29 is 5.11 Å². The molecule has 1 aliphatic rings. The Bertz CT molecular complexity index is 1070. The smallest absolute Gasteiger partial charge is 0.179 e. The van der Waals surface area contributed by atoms with Crippen LogP contribution in [0.15, 0.2) is 60.3 Å². The SMILES string of the molecule is CCCCC1(c2ccccc2-c2nnn[nH]2)C=CC(CO)(c2ccnn2C)C(C)=C1. The molecule has 7 nitrogen and oxygen atoms in total. The van der Waals surface area contributed by atoms with Crippen molar-refractivity contribution in [3.8, 4) is 11.4 Å². The average molecular weight is 405 g/mol. The number of aromatic amines is 1. The van der Waals surface area contributed by atoms with Gasteiger partial charge in [0.25, 0.3) is 0 Å². The maximum Gasteiger partial charge on any atom is 0.179 e. The summed E-state index contributed by atoms with van der Waals surface area (Å²) in [6.07, 6.45) is 11.6. The number of aryl methyl sites for hydroxylation is 1. The highest BCUT2D eigenvalue weighted by molar-refractivity contribution is 5.65. The summed E-state index contributed by atoms with van der Waals surface area (Å²) in [4.78, 5) is 0. The lowest BCUT2D eigenvalue weighted by molar-refractivity contribution is 0.235. The predicted octanol–water partition coefficient (Wildman–Crippen LogP) is 3.47. The molecule has 7 heteroatoms. The molecule has 2 aromatic heterocycles. The van der Waals surface area contributed by atoms with Gasteiger partial charge in [0.2, 0.25) is 0 Å². The van der Waals surface area contributed by atoms with Crippen LogP contribution in [0.5, 0.6) is 0 Å². The zero-order valence-corrected chi connectivity index (χ0v) is 17.7. The molecule has 0 fully saturated rings. The lowest BCUT2D eigenvalue weighted by Crippen LogP contribution is -2.38. The summed E-state index contributed by atoms with van der Waals surface area (Å²) in [7, 11) is 1.92. The monoisotopic (exact) mass is 404 g/mol. The van der Waals surface area contributed by atoms with Crippen LogP contribution < -0.4 is 0 Å². The summed E-state index contributed by atoms with van der Waals surface area (Å²) in [6.45, 7) is 4.30. The van der Waals surface area contributed by atoms with E-state index in [1.807, 2.05) is 23.9 Å². The molecule has 2 unspecified atom stereocenters. The minimum atomic E-state index is -0.580. The largest absolute Gasteiger partial charge is 0.395 e. The van der Waals surface area contributed by atoms with Gasteiger partial charge in [-0.25, -0.2) is 5.10 Å². The van der Waals surface area contributed by atoms with Gasteiger partial charge in [-0.15, -0.1) is 5.10 Å². The van der Waals surface area contributed by atoms with Crippen LogP contribution in [0.4, 0.5) is 0 Å². The summed E-state index contributed by atoms with van der Waals surface area (Å²) >= 11 is 0. The molecular weight excluding hydrogens is 376 g/mol. The Hall–Kier alpha value is -3.06. The molecule has 0 amide bonds. The van der Waals surface area contributed by atoms with Gasteiger partial charge in [0, 0.05) is 24.2 Å². The van der Waals surface area contributed by atoms with Gasteiger partial charge in [-0.1, -0.05) is 67.8 Å². The molecule has 0 bridgehead atoms. The number of hydrogen-bond donors (Lipinski definition) is 2. The molecule has 156 valence electrons. The molecular formula is C23H28N6O. The van der Waals surface area contributed by atoms with Crippen molar-refractivity contribution in [3.63, 3.8) is 0 Å². The van der Waals surface area contributed by atoms with Crippen LogP contribution in [0.1, 0.15) is 44.4 Å². The fourth-order valence-electron chi connectivity index (χ4n) is 4.64. The van der Waals surface area contributed by atoms with E-state index in [0.717, 1.165) is 41.7 Å². The second-order valence-corrected chi connectivity index (χ2v) is 8.07. The molecule has 30 heavy (non-hydrogen) atoms. The van der Waals surface area contributed by atoms with Crippen molar-refractivity contribution in [2.45, 2.75) is 43.9 Å². The molecule has 2 N–H and O–H groups in total. The highest BCUT2D eigenvalue weighted by Gasteiger charge is 2.41. The molecule has 0 spiro atoms. The Morgan fingerprint density at radius 2 is 2.00 bits per heavy atom. The number of nitrogens with zero attached hydrogens (tertiary/aromatic N) is 5. The average Bonchev–Trinajstić information content (AvgIpc) is 3.45. The van der Waals surface area contributed by atoms with E-state index in [4.69, 9.17) is 0 Å². The second-order valence-electron chi connectivity index (χ2n) is 8.07. The Labute approximate surface area is 176 Å². The minimum Gasteiger partial charge on any atom is -0.395 e. The predicted molar refractivity (Wildman–Crippen MR) is 116 cm³/mol. The van der Waals surface area contributed by atoms with E-state index < -0.39 is 5.41 Å². The van der Waals surface area contributed by atoms with E-state index in [1.54, 1.807) is 6.20 Å². The van der Waals surface area contributed by atoms with Crippen LogP contribution in [-0.4, -0.2) is 42.1 Å². The molecule has 0 saturated heterocycles. The number of hydrogen-bond acceptors (Lipinski definition) is 5. The fourth-order valence-corrected chi connectivity index (χ4v) is 4.64. The van der Waals surface area contributed by atoms with E-state index in [2.05, 4.69) is 76.0 Å². The number of H-pyrrole nitrogens is 1. The van der Waals surface area contributed by atoms with Crippen LogP contribution in [-0.2, 0) is 17.9 Å². The minimum absolute atomic E-state index is 0.0110. The highest BCUT2D eigenvalue weighted by Crippen LogP contribution is 2.46. The summed E-state index contributed by atoms with van der Waals surface area (Å²) in [5.41, 5.74) is 3.35. The lowest BCUT2D eigenvalue weighted by atomic mass is 9.64. The molecule has 2 heterocycles. The molecule has 1 aliphatic carbocycles. The van der Waals surface area contributed by atoms with E-state index in [0.29, 0.717) is 5.82 Å². The quantitative estimate of drug-likeness (QED) is 0.588. The number of nitrogens with one attached hydrogen (secondary N) is 1. The van der Waals surface area contributed by atoms with Crippen molar-refractivity contribution in [1.82, 2.24) is 30.4 Å². The van der Waals surface area contributed by atoms with Crippen LogP contribution in [0.3, 0.4) is 0 Å². The van der Waals surface area contributed by atoms with Gasteiger partial charge in [-0.05, 0) is 35.4 Å². The Morgan fingerprint density at radius 3 is 2.63 bits per heavy atom. The first-order valence-corrected chi connectivity index (χ1v) is 10.4. The van der Waals surface area contributed by atoms with Gasteiger partial charge < -0.3 is 5.11 Å². The van der Waals surface area contributed by atoms with Crippen molar-refractivity contribution >= 4 is 0 Å². The van der Waals surface area contributed by atoms with E-state index >= 15 is 0 Å². The molecule has 3 aromatic rings. The van der Waals surface area contributed by atoms with E-state index in [9.17, 15) is 5.11 Å². The van der Waals surface area contributed by atoms with Crippen LogP contribution >= 0.6 is 0 Å². The topological polar surface area (TPSA) is 92.5 Å². The van der Waals surface area contributed by atoms with Crippen molar-refractivity contribution in [1.29, 1.82) is 0 Å². The normalized spacial score (nSPS) is 23.5. The highest BCUT2D eigenvalue weighted by atomic mass is 16.3. The standard InChI is InChI=1S/C23H28N6O/c1-4-5-11-22(19-9-7-6-8-18(19)21-25-27-28-26-21)12-13-23(16-30,17(2)15-22)20-10-14-24-29(20)3/h6-10,12-15,30H,4-5,11,16H2,1-3H3,(H,25,26,27,28). The van der Waals surface area contributed by atoms with Crippen LogP contribution in [0, 0.1) is 0 Å². The number of tetrazole rings is 1. The zero-order chi connectivity index (χ0) is 21.2. The number of aromatic nitrogens is 6. The first kappa shape index (κ1) is 20.2. The van der Waals surface area contributed by atoms with Gasteiger partial charge >= 0.3 is 0 Å². The number of rotatable bonds is 7. The maximum atomic E-state index is 10.5. The van der Waals surface area contributed by atoms with Gasteiger partial charge in [-0.2, -0.15) is 5.10 Å². The molecule has 1 aromatic carbocycles. The Balaban J connectivity index is 1.88. The van der Waals surface area contributed by atoms with Gasteiger partial charge in [0.1, 0.15) is 0 Å². The van der Waals surface area contributed by atoms with Crippen molar-refractivity contribution in [2.75, 3.05) is 6.61 Å². The van der Waals surface area contributed by atoms with Crippen molar-refractivity contribution in [2.24, 2.45) is 7.05 Å². The summed E-state index contributed by atoms with van der Waals surface area (Å²) < 4.78 is 1.84. The van der Waals surface area contributed by atoms with Gasteiger partial charge in [-0.3, -0.25) is 4.68 Å². The van der Waals surface area contributed by atoms with E-state index in [1.165, 1.54) is 0 Å². The number of unbranched alkanes of at least 4 members (excludes halogenated alkanes) is 1. The molecule has 4 rings (SSSR count). The van der Waals surface area contributed by atoms with Crippen LogP contribution in [0.2, 0.25) is 0 Å². The zero-order valence-electron chi connectivity index (χ0n) is 17.7. The number of allylic oxidation sites excluding steroid dienone is 2.